The summed E-state index contributed by atoms with van der Waals surface area (Å²) in [5, 5.41) is 26.7. The molecule has 156 valence electrons. The average Bonchev–Trinajstić information content (AvgIpc) is 2.79. The van der Waals surface area contributed by atoms with E-state index in [2.05, 4.69) is 10.5 Å². The largest absolute Gasteiger partial charge is 0.494 e. The van der Waals surface area contributed by atoms with Gasteiger partial charge in [0, 0.05) is 11.6 Å². The molecule has 0 unspecified atom stereocenters. The number of nitrogens with one attached hydrogen (secondary N) is 1. The maximum atomic E-state index is 11.4. The molecule has 31 heavy (non-hydrogen) atoms. The average molecular weight is 418 g/mol. The van der Waals surface area contributed by atoms with Crippen LogP contribution in [0.2, 0.25) is 0 Å². The summed E-state index contributed by atoms with van der Waals surface area (Å²) in [5.74, 6) is 0.425. The number of hydrazone groups is 1. The van der Waals surface area contributed by atoms with Crippen molar-refractivity contribution in [2.75, 3.05) is 12.5 Å². The van der Waals surface area contributed by atoms with Gasteiger partial charge >= 0.3 is 5.69 Å². The summed E-state index contributed by atoms with van der Waals surface area (Å²) in [6.45, 7) is 0. The van der Waals surface area contributed by atoms with Crippen LogP contribution < -0.4 is 5.43 Å². The first kappa shape index (κ1) is 21.2. The maximum Gasteiger partial charge on any atom is 0.301 e. The lowest BCUT2D eigenvalue weighted by atomic mass is 10.1. The molecule has 0 spiro atoms. The van der Waals surface area contributed by atoms with Crippen LogP contribution in [0, 0.1) is 20.2 Å². The zero-order valence-electron chi connectivity index (χ0n) is 16.5. The fraction of sp³-hybridized carbons (Fsp3) is 0.0455. The Labute approximate surface area is 177 Å². The van der Waals surface area contributed by atoms with Crippen LogP contribution in [-0.4, -0.2) is 22.7 Å². The molecule has 0 aliphatic carbocycles. The molecule has 0 atom stereocenters. The van der Waals surface area contributed by atoms with Crippen molar-refractivity contribution in [1.82, 2.24) is 0 Å². The van der Waals surface area contributed by atoms with Gasteiger partial charge in [0.15, 0.2) is 0 Å². The SMILES string of the molecule is COC(=Cc1ccccc1)C(=NNc1ccc([N+](=O)[O-])cc1[N+](=O)[O-])c1ccccc1. The lowest BCUT2D eigenvalue weighted by Gasteiger charge is -2.12. The van der Waals surface area contributed by atoms with E-state index in [0.29, 0.717) is 17.0 Å². The fourth-order valence-corrected chi connectivity index (χ4v) is 2.78. The summed E-state index contributed by atoms with van der Waals surface area (Å²) in [7, 11) is 1.50. The lowest BCUT2D eigenvalue weighted by molar-refractivity contribution is -0.393. The third-order valence-electron chi connectivity index (χ3n) is 4.27. The Morgan fingerprint density at radius 2 is 1.58 bits per heavy atom. The van der Waals surface area contributed by atoms with Gasteiger partial charge in [-0.2, -0.15) is 5.10 Å². The Morgan fingerprint density at radius 1 is 0.935 bits per heavy atom. The van der Waals surface area contributed by atoms with Crippen molar-refractivity contribution >= 4 is 28.8 Å². The molecule has 0 aliphatic rings. The zero-order chi connectivity index (χ0) is 22.2. The Balaban J connectivity index is 2.06. The quantitative estimate of drug-likeness (QED) is 0.238. The first-order chi connectivity index (χ1) is 15.0. The van der Waals surface area contributed by atoms with Crippen LogP contribution in [0.4, 0.5) is 17.1 Å². The van der Waals surface area contributed by atoms with Crippen molar-refractivity contribution in [3.05, 3.63) is 116 Å². The summed E-state index contributed by atoms with van der Waals surface area (Å²) in [6, 6.07) is 21.9. The van der Waals surface area contributed by atoms with E-state index in [9.17, 15) is 20.2 Å². The number of nitro benzene ring substituents is 2. The highest BCUT2D eigenvalue weighted by molar-refractivity contribution is 6.13. The highest BCUT2D eigenvalue weighted by atomic mass is 16.6. The van der Waals surface area contributed by atoms with Crippen LogP contribution in [0.25, 0.3) is 6.08 Å². The van der Waals surface area contributed by atoms with Crippen LogP contribution in [0.15, 0.2) is 89.7 Å². The first-order valence-electron chi connectivity index (χ1n) is 9.12. The van der Waals surface area contributed by atoms with Gasteiger partial charge in [-0.15, -0.1) is 0 Å². The first-order valence-corrected chi connectivity index (χ1v) is 9.12. The van der Waals surface area contributed by atoms with Gasteiger partial charge in [0.1, 0.15) is 17.2 Å². The van der Waals surface area contributed by atoms with Crippen LogP contribution in [0.1, 0.15) is 11.1 Å². The molecule has 3 rings (SSSR count). The van der Waals surface area contributed by atoms with Crippen molar-refractivity contribution in [3.8, 4) is 0 Å². The number of methoxy groups -OCH3 is 1. The molecule has 0 saturated heterocycles. The summed E-state index contributed by atoms with van der Waals surface area (Å²) >= 11 is 0. The predicted molar refractivity (Wildman–Crippen MR) is 118 cm³/mol. The molecule has 0 heterocycles. The van der Waals surface area contributed by atoms with E-state index in [-0.39, 0.29) is 11.4 Å². The molecular formula is C22H18N4O5. The number of rotatable bonds is 8. The Bertz CT molecular complexity index is 1150. The van der Waals surface area contributed by atoms with Gasteiger partial charge in [-0.25, -0.2) is 0 Å². The van der Waals surface area contributed by atoms with Crippen molar-refractivity contribution in [2.24, 2.45) is 5.10 Å². The highest BCUT2D eigenvalue weighted by Crippen LogP contribution is 2.29. The van der Waals surface area contributed by atoms with E-state index in [1.165, 1.54) is 19.2 Å². The van der Waals surface area contributed by atoms with Crippen LogP contribution in [0.5, 0.6) is 0 Å². The number of allylic oxidation sites excluding steroid dienone is 1. The predicted octanol–water partition coefficient (Wildman–Crippen LogP) is 5.01. The molecule has 0 radical (unpaired) electrons. The molecule has 0 amide bonds. The summed E-state index contributed by atoms with van der Waals surface area (Å²) < 4.78 is 5.55. The number of hydrogen-bond donors (Lipinski definition) is 1. The summed E-state index contributed by atoms with van der Waals surface area (Å²) in [4.78, 5) is 21.0. The molecule has 0 bridgehead atoms. The summed E-state index contributed by atoms with van der Waals surface area (Å²) in [6.07, 6.45) is 1.79. The number of hydrogen-bond acceptors (Lipinski definition) is 7. The molecule has 1 N–H and O–H groups in total. The Morgan fingerprint density at radius 3 is 2.16 bits per heavy atom. The maximum absolute atomic E-state index is 11.4. The number of nitro groups is 2. The second kappa shape index (κ2) is 9.79. The lowest BCUT2D eigenvalue weighted by Crippen LogP contribution is -2.10. The van der Waals surface area contributed by atoms with Gasteiger partial charge in [0.25, 0.3) is 5.69 Å². The molecule has 3 aromatic rings. The molecule has 0 saturated carbocycles. The molecule has 9 nitrogen and oxygen atoms in total. The topological polar surface area (TPSA) is 120 Å². The number of ether oxygens (including phenoxy) is 1. The Kier molecular flexibility index (Phi) is 6.69. The van der Waals surface area contributed by atoms with Crippen molar-refractivity contribution in [2.45, 2.75) is 0 Å². The van der Waals surface area contributed by atoms with E-state index in [0.717, 1.165) is 11.6 Å². The second-order valence-corrected chi connectivity index (χ2v) is 6.28. The smallest absolute Gasteiger partial charge is 0.301 e. The second-order valence-electron chi connectivity index (χ2n) is 6.28. The minimum absolute atomic E-state index is 0.0131. The Hall–Kier alpha value is -4.53. The normalized spacial score (nSPS) is 11.6. The minimum atomic E-state index is -0.704. The van der Waals surface area contributed by atoms with E-state index < -0.39 is 15.5 Å². The number of non-ortho nitro benzene ring substituents is 1. The van der Waals surface area contributed by atoms with Gasteiger partial charge in [-0.3, -0.25) is 25.7 Å². The zero-order valence-corrected chi connectivity index (χ0v) is 16.5. The van der Waals surface area contributed by atoms with E-state index in [1.54, 1.807) is 6.08 Å². The number of nitrogens with zero attached hydrogens (tertiary/aromatic N) is 3. The molecule has 0 aromatic heterocycles. The minimum Gasteiger partial charge on any atom is -0.494 e. The summed E-state index contributed by atoms with van der Waals surface area (Å²) in [5.41, 5.74) is 3.82. The van der Waals surface area contributed by atoms with Gasteiger partial charge in [-0.05, 0) is 17.7 Å². The van der Waals surface area contributed by atoms with Crippen LogP contribution >= 0.6 is 0 Å². The highest BCUT2D eigenvalue weighted by Gasteiger charge is 2.20. The standard InChI is InChI=1S/C22H18N4O5/c1-31-21(14-16-8-4-2-5-9-16)22(17-10-6-3-7-11-17)24-23-19-13-12-18(25(27)28)15-20(19)26(29)30/h2-15,23H,1H3. The molecule has 9 heteroatoms. The van der Waals surface area contributed by atoms with Gasteiger partial charge < -0.3 is 4.74 Å². The molecule has 3 aromatic carbocycles. The van der Waals surface area contributed by atoms with Gasteiger partial charge in [-0.1, -0.05) is 60.7 Å². The van der Waals surface area contributed by atoms with Crippen molar-refractivity contribution in [1.29, 1.82) is 0 Å². The monoisotopic (exact) mass is 418 g/mol. The van der Waals surface area contributed by atoms with E-state index in [4.69, 9.17) is 4.74 Å². The van der Waals surface area contributed by atoms with Crippen LogP contribution in [0.3, 0.4) is 0 Å². The van der Waals surface area contributed by atoms with E-state index >= 15 is 0 Å². The molecule has 0 fully saturated rings. The van der Waals surface area contributed by atoms with Crippen molar-refractivity contribution in [3.63, 3.8) is 0 Å². The molecule has 0 aliphatic heterocycles. The molecular weight excluding hydrogens is 400 g/mol. The third kappa shape index (κ3) is 5.30. The number of benzene rings is 3. The van der Waals surface area contributed by atoms with Crippen LogP contribution in [-0.2, 0) is 4.74 Å². The van der Waals surface area contributed by atoms with Crippen molar-refractivity contribution < 1.29 is 14.6 Å². The van der Waals surface area contributed by atoms with E-state index in [1.807, 2.05) is 60.7 Å². The third-order valence-corrected chi connectivity index (χ3v) is 4.27. The number of anilines is 1. The fourth-order valence-electron chi connectivity index (χ4n) is 2.78. The van der Waals surface area contributed by atoms with Gasteiger partial charge in [0.05, 0.1) is 23.0 Å². The van der Waals surface area contributed by atoms with Gasteiger partial charge in [0.2, 0.25) is 0 Å².